The van der Waals surface area contributed by atoms with Crippen molar-refractivity contribution in [1.82, 2.24) is 4.90 Å². The van der Waals surface area contributed by atoms with Crippen molar-refractivity contribution in [1.29, 1.82) is 0 Å². The van der Waals surface area contributed by atoms with E-state index in [1.165, 1.54) is 31.5 Å². The highest BCUT2D eigenvalue weighted by molar-refractivity contribution is 5.99. The lowest BCUT2D eigenvalue weighted by molar-refractivity contribution is -0.125. The third-order valence-corrected chi connectivity index (χ3v) is 7.02. The Hall–Kier alpha value is -2.37. The number of ether oxygens (including phenoxy) is 2. The second-order valence-corrected chi connectivity index (χ2v) is 9.42. The van der Waals surface area contributed by atoms with Gasteiger partial charge in [0, 0.05) is 25.4 Å². The Kier molecular flexibility index (Phi) is 7.48. The minimum absolute atomic E-state index is 0.0411. The summed E-state index contributed by atoms with van der Waals surface area (Å²) in [5.74, 6) is 1.73. The van der Waals surface area contributed by atoms with E-state index in [-0.39, 0.29) is 5.91 Å². The molecule has 2 aliphatic heterocycles. The van der Waals surface area contributed by atoms with Crippen molar-refractivity contribution < 1.29 is 14.3 Å². The van der Waals surface area contributed by atoms with Gasteiger partial charge in [-0.2, -0.15) is 0 Å². The summed E-state index contributed by atoms with van der Waals surface area (Å²) in [7, 11) is 0. The molecule has 0 atom stereocenters. The second kappa shape index (κ2) is 10.5. The second-order valence-electron chi connectivity index (χ2n) is 9.42. The van der Waals surface area contributed by atoms with E-state index >= 15 is 0 Å². The van der Waals surface area contributed by atoms with Gasteiger partial charge < -0.3 is 14.8 Å². The Morgan fingerprint density at radius 1 is 1.12 bits per heavy atom. The normalized spacial score (nSPS) is 19.4. The van der Waals surface area contributed by atoms with E-state index in [4.69, 9.17) is 9.47 Å². The molecule has 2 aliphatic rings. The van der Waals surface area contributed by atoms with Crippen molar-refractivity contribution in [2.24, 2.45) is 5.92 Å². The van der Waals surface area contributed by atoms with E-state index < -0.39 is 5.41 Å². The number of piperidine rings is 1. The van der Waals surface area contributed by atoms with E-state index in [2.05, 4.69) is 42.3 Å². The molecule has 0 aliphatic carbocycles. The van der Waals surface area contributed by atoms with Gasteiger partial charge in [0.2, 0.25) is 5.91 Å². The molecule has 32 heavy (non-hydrogen) atoms. The minimum Gasteiger partial charge on any atom is -0.492 e. The minimum atomic E-state index is -0.550. The highest BCUT2D eigenvalue weighted by Gasteiger charge is 2.41. The van der Waals surface area contributed by atoms with E-state index in [0.717, 1.165) is 29.5 Å². The SMILES string of the molecule is Cc1cccc(C2(C(=O)Nc3ccc(OCCN4CCC(C)CC4)cc3)CCOCC2)c1. The molecule has 1 N–H and O–H groups in total. The molecule has 0 saturated carbocycles. The van der Waals surface area contributed by atoms with Crippen LogP contribution in [0.4, 0.5) is 5.69 Å². The lowest BCUT2D eigenvalue weighted by Gasteiger charge is -2.36. The molecule has 0 radical (unpaired) electrons. The predicted molar refractivity (Wildman–Crippen MR) is 128 cm³/mol. The third kappa shape index (κ3) is 5.51. The fourth-order valence-corrected chi connectivity index (χ4v) is 4.77. The topological polar surface area (TPSA) is 50.8 Å². The van der Waals surface area contributed by atoms with Crippen LogP contribution >= 0.6 is 0 Å². The van der Waals surface area contributed by atoms with Gasteiger partial charge in [0.05, 0.1) is 5.41 Å². The van der Waals surface area contributed by atoms with Gasteiger partial charge in [0.25, 0.3) is 0 Å². The summed E-state index contributed by atoms with van der Waals surface area (Å²) in [5.41, 5.74) is 2.49. The van der Waals surface area contributed by atoms with E-state index in [0.29, 0.717) is 32.7 Å². The summed E-state index contributed by atoms with van der Waals surface area (Å²) >= 11 is 0. The largest absolute Gasteiger partial charge is 0.492 e. The molecule has 1 amide bonds. The number of nitrogens with zero attached hydrogens (tertiary/aromatic N) is 1. The van der Waals surface area contributed by atoms with Crippen LogP contribution in [0.1, 0.15) is 43.7 Å². The first-order valence-electron chi connectivity index (χ1n) is 12.0. The molecule has 0 unspecified atom stereocenters. The van der Waals surface area contributed by atoms with E-state index in [9.17, 15) is 4.79 Å². The molecule has 5 nitrogen and oxygen atoms in total. The van der Waals surface area contributed by atoms with Gasteiger partial charge in [-0.3, -0.25) is 9.69 Å². The van der Waals surface area contributed by atoms with Crippen LogP contribution in [0.15, 0.2) is 48.5 Å². The first kappa shape index (κ1) is 22.8. The summed E-state index contributed by atoms with van der Waals surface area (Å²) in [6, 6.07) is 16.0. The van der Waals surface area contributed by atoms with E-state index in [1.54, 1.807) is 0 Å². The van der Waals surface area contributed by atoms with Crippen molar-refractivity contribution in [2.75, 3.05) is 44.8 Å². The van der Waals surface area contributed by atoms with Gasteiger partial charge in [-0.15, -0.1) is 0 Å². The molecular weight excluding hydrogens is 400 g/mol. The summed E-state index contributed by atoms with van der Waals surface area (Å²) in [6.07, 6.45) is 3.95. The Balaban J connectivity index is 1.35. The molecule has 0 bridgehead atoms. The summed E-state index contributed by atoms with van der Waals surface area (Å²) in [4.78, 5) is 15.9. The number of likely N-dealkylation sites (tertiary alicyclic amines) is 1. The van der Waals surface area contributed by atoms with Crippen LogP contribution in [0.3, 0.4) is 0 Å². The average Bonchev–Trinajstić information content (AvgIpc) is 2.82. The zero-order valence-electron chi connectivity index (χ0n) is 19.4. The van der Waals surface area contributed by atoms with Crippen LogP contribution in [0.2, 0.25) is 0 Å². The maximum atomic E-state index is 13.5. The summed E-state index contributed by atoms with van der Waals surface area (Å²) in [6.45, 7) is 9.60. The van der Waals surface area contributed by atoms with Gasteiger partial charge in [-0.1, -0.05) is 36.8 Å². The molecule has 0 aromatic heterocycles. The molecule has 2 aromatic carbocycles. The zero-order chi connectivity index (χ0) is 22.4. The Morgan fingerprint density at radius 3 is 2.53 bits per heavy atom. The number of nitrogens with one attached hydrogen (secondary N) is 1. The fraction of sp³-hybridized carbons (Fsp3) is 0.519. The van der Waals surface area contributed by atoms with Crippen LogP contribution in [-0.2, 0) is 14.9 Å². The maximum absolute atomic E-state index is 13.5. The highest BCUT2D eigenvalue weighted by atomic mass is 16.5. The number of hydrogen-bond acceptors (Lipinski definition) is 4. The fourth-order valence-electron chi connectivity index (χ4n) is 4.77. The van der Waals surface area contributed by atoms with Crippen LogP contribution in [0.25, 0.3) is 0 Å². The molecule has 2 aromatic rings. The van der Waals surface area contributed by atoms with Crippen LogP contribution in [-0.4, -0.2) is 50.3 Å². The zero-order valence-corrected chi connectivity index (χ0v) is 19.4. The number of amides is 1. The number of hydrogen-bond donors (Lipinski definition) is 1. The number of aryl methyl sites for hydroxylation is 1. The van der Waals surface area contributed by atoms with Crippen LogP contribution in [0.5, 0.6) is 5.75 Å². The number of carbonyl (C=O) groups is 1. The number of benzene rings is 2. The Labute approximate surface area is 192 Å². The van der Waals surface area contributed by atoms with Crippen LogP contribution in [0, 0.1) is 12.8 Å². The molecular formula is C27H36N2O3. The Bertz CT molecular complexity index is 882. The lowest BCUT2D eigenvalue weighted by atomic mass is 9.73. The van der Waals surface area contributed by atoms with Crippen molar-refractivity contribution in [3.05, 3.63) is 59.7 Å². The quantitative estimate of drug-likeness (QED) is 0.678. The molecule has 0 spiro atoms. The standard InChI is InChI=1S/C27H36N2O3/c1-21-10-14-29(15-11-21)16-19-32-25-8-6-24(7-9-25)28-26(30)27(12-17-31-18-13-27)23-5-3-4-22(2)20-23/h3-9,20-21H,10-19H2,1-2H3,(H,28,30). The number of rotatable bonds is 7. The first-order chi connectivity index (χ1) is 15.5. The van der Waals surface area contributed by atoms with Crippen molar-refractivity contribution >= 4 is 11.6 Å². The molecule has 2 saturated heterocycles. The third-order valence-electron chi connectivity index (χ3n) is 7.02. The Morgan fingerprint density at radius 2 is 1.84 bits per heavy atom. The molecule has 5 heteroatoms. The highest BCUT2D eigenvalue weighted by Crippen LogP contribution is 2.36. The summed E-state index contributed by atoms with van der Waals surface area (Å²) < 4.78 is 11.5. The number of anilines is 1. The molecule has 2 fully saturated rings. The van der Waals surface area contributed by atoms with Crippen molar-refractivity contribution in [2.45, 2.75) is 44.9 Å². The van der Waals surface area contributed by atoms with Gasteiger partial charge in [-0.25, -0.2) is 0 Å². The molecule has 4 rings (SSSR count). The first-order valence-corrected chi connectivity index (χ1v) is 12.0. The van der Waals surface area contributed by atoms with E-state index in [1.807, 2.05) is 30.3 Å². The lowest BCUT2D eigenvalue weighted by Crippen LogP contribution is -2.44. The monoisotopic (exact) mass is 436 g/mol. The predicted octanol–water partition coefficient (Wildman–Crippen LogP) is 4.79. The van der Waals surface area contributed by atoms with Gasteiger partial charge in [-0.05, 0) is 81.4 Å². The average molecular weight is 437 g/mol. The summed E-state index contributed by atoms with van der Waals surface area (Å²) in [5, 5.41) is 3.15. The van der Waals surface area contributed by atoms with Gasteiger partial charge >= 0.3 is 0 Å². The molecule has 172 valence electrons. The van der Waals surface area contributed by atoms with Crippen molar-refractivity contribution in [3.8, 4) is 5.75 Å². The van der Waals surface area contributed by atoms with Crippen molar-refractivity contribution in [3.63, 3.8) is 0 Å². The van der Waals surface area contributed by atoms with Gasteiger partial charge in [0.15, 0.2) is 0 Å². The smallest absolute Gasteiger partial charge is 0.235 e. The number of carbonyl (C=O) groups excluding carboxylic acids is 1. The van der Waals surface area contributed by atoms with Crippen LogP contribution < -0.4 is 10.1 Å². The maximum Gasteiger partial charge on any atom is 0.235 e. The molecule has 2 heterocycles. The van der Waals surface area contributed by atoms with Gasteiger partial charge in [0.1, 0.15) is 12.4 Å².